The summed E-state index contributed by atoms with van der Waals surface area (Å²) in [7, 11) is -0.421. The zero-order chi connectivity index (χ0) is 15.5. The predicted molar refractivity (Wildman–Crippen MR) is 86.6 cm³/mol. The Morgan fingerprint density at radius 1 is 1.29 bits per heavy atom. The predicted octanol–water partition coefficient (Wildman–Crippen LogP) is 2.71. The van der Waals surface area contributed by atoms with Crippen molar-refractivity contribution in [3.8, 4) is 0 Å². The Labute approximate surface area is 133 Å². The maximum Gasteiger partial charge on any atom is 0.246 e. The van der Waals surface area contributed by atoms with Gasteiger partial charge in [-0.25, -0.2) is 13.4 Å². The number of nitrogens with one attached hydrogen (secondary N) is 1. The van der Waals surface area contributed by atoms with Crippen molar-refractivity contribution in [3.63, 3.8) is 0 Å². The number of nitrogens with zero attached hydrogens (tertiary/aromatic N) is 2. The molecule has 5 nitrogen and oxygen atoms in total. The van der Waals surface area contributed by atoms with E-state index < -0.39 is 10.0 Å². The van der Waals surface area contributed by atoms with Crippen molar-refractivity contribution in [3.05, 3.63) is 52.6 Å². The van der Waals surface area contributed by atoms with Gasteiger partial charge in [0, 0.05) is 31.3 Å². The van der Waals surface area contributed by atoms with E-state index in [9.17, 15) is 8.42 Å². The molecule has 0 radical (unpaired) electrons. The molecule has 1 aromatic carbocycles. The van der Waals surface area contributed by atoms with Crippen molar-refractivity contribution in [2.75, 3.05) is 19.4 Å². The summed E-state index contributed by atoms with van der Waals surface area (Å²) in [5, 5.41) is 2.81. The average molecular weight is 370 g/mol. The molecule has 0 unspecified atom stereocenters. The second-order valence-corrected chi connectivity index (χ2v) is 7.43. The Kier molecular flexibility index (Phi) is 4.97. The molecule has 0 fully saturated rings. The third-order valence-corrected chi connectivity index (χ3v) is 5.24. The van der Waals surface area contributed by atoms with Gasteiger partial charge in [-0.05, 0) is 27.6 Å². The van der Waals surface area contributed by atoms with Crippen molar-refractivity contribution in [1.82, 2.24) is 9.29 Å². The second-order valence-electron chi connectivity index (χ2n) is 4.50. The molecule has 0 aliphatic rings. The van der Waals surface area contributed by atoms with Gasteiger partial charge in [0.15, 0.2) is 0 Å². The zero-order valence-corrected chi connectivity index (χ0v) is 14.1. The Hall–Kier alpha value is -1.44. The third kappa shape index (κ3) is 3.61. The van der Waals surface area contributed by atoms with Crippen LogP contribution in [0.2, 0.25) is 0 Å². The lowest BCUT2D eigenvalue weighted by atomic mass is 10.2. The van der Waals surface area contributed by atoms with Crippen LogP contribution in [0, 0.1) is 0 Å². The maximum absolute atomic E-state index is 12.7. The quantitative estimate of drug-likeness (QED) is 0.879. The first-order valence-electron chi connectivity index (χ1n) is 6.28. The largest absolute Gasteiger partial charge is 0.372 e. The molecule has 21 heavy (non-hydrogen) atoms. The highest BCUT2D eigenvalue weighted by Gasteiger charge is 2.25. The summed E-state index contributed by atoms with van der Waals surface area (Å²) < 4.78 is 27.3. The molecule has 1 aromatic heterocycles. The van der Waals surface area contributed by atoms with Gasteiger partial charge in [0.25, 0.3) is 0 Å². The Bertz CT molecular complexity index is 720. The summed E-state index contributed by atoms with van der Waals surface area (Å²) in [5.74, 6) is 0.332. The smallest absolute Gasteiger partial charge is 0.246 e. The fraction of sp³-hybridized carbons (Fsp3) is 0.214. The molecule has 0 saturated carbocycles. The minimum atomic E-state index is -3.62. The molecule has 112 valence electrons. The van der Waals surface area contributed by atoms with Crippen molar-refractivity contribution >= 4 is 31.8 Å². The summed E-state index contributed by atoms with van der Waals surface area (Å²) in [6.45, 7) is 0.304. The van der Waals surface area contributed by atoms with Gasteiger partial charge in [0.2, 0.25) is 10.0 Å². The lowest BCUT2D eigenvalue weighted by molar-refractivity contribution is 0.466. The molecule has 7 heteroatoms. The highest BCUT2D eigenvalue weighted by atomic mass is 79.9. The average Bonchev–Trinajstić information content (AvgIpc) is 2.48. The summed E-state index contributed by atoms with van der Waals surface area (Å²) >= 11 is 3.26. The first kappa shape index (κ1) is 15.9. The molecule has 2 rings (SSSR count). The van der Waals surface area contributed by atoms with Crippen LogP contribution >= 0.6 is 15.9 Å². The molecule has 1 heterocycles. The fourth-order valence-corrected chi connectivity index (χ4v) is 3.71. The molecule has 0 aliphatic carbocycles. The van der Waals surface area contributed by atoms with Crippen molar-refractivity contribution < 1.29 is 8.42 Å². The molecule has 0 saturated heterocycles. The van der Waals surface area contributed by atoms with Crippen molar-refractivity contribution in [2.24, 2.45) is 0 Å². The number of anilines is 1. The van der Waals surface area contributed by atoms with Gasteiger partial charge < -0.3 is 5.32 Å². The van der Waals surface area contributed by atoms with E-state index >= 15 is 0 Å². The number of rotatable bonds is 5. The van der Waals surface area contributed by atoms with E-state index in [1.54, 1.807) is 26.4 Å². The number of sulfonamides is 1. The van der Waals surface area contributed by atoms with Crippen LogP contribution in [-0.2, 0) is 16.6 Å². The van der Waals surface area contributed by atoms with E-state index in [1.807, 2.05) is 30.3 Å². The van der Waals surface area contributed by atoms with Gasteiger partial charge in [0.1, 0.15) is 10.7 Å². The van der Waals surface area contributed by atoms with Gasteiger partial charge in [-0.3, -0.25) is 0 Å². The zero-order valence-electron chi connectivity index (χ0n) is 11.7. The molecular formula is C14H16BrN3O2S. The molecule has 1 N–H and O–H groups in total. The van der Waals surface area contributed by atoms with Gasteiger partial charge in [-0.2, -0.15) is 4.31 Å². The Morgan fingerprint density at radius 3 is 2.57 bits per heavy atom. The van der Waals surface area contributed by atoms with Crippen LogP contribution in [0.15, 0.2) is 52.0 Å². The van der Waals surface area contributed by atoms with E-state index in [2.05, 4.69) is 26.2 Å². The molecule has 0 aliphatic heterocycles. The molecule has 0 bridgehead atoms. The van der Waals surface area contributed by atoms with E-state index in [1.165, 1.54) is 4.31 Å². The minimum Gasteiger partial charge on any atom is -0.372 e. The first-order chi connectivity index (χ1) is 9.95. The Balaban J connectivity index is 2.35. The highest BCUT2D eigenvalue weighted by Crippen LogP contribution is 2.25. The summed E-state index contributed by atoms with van der Waals surface area (Å²) in [6, 6.07) is 11.0. The number of benzene rings is 1. The molecule has 0 spiro atoms. The number of hydrogen-bond donors (Lipinski definition) is 1. The van der Waals surface area contributed by atoms with Gasteiger partial charge >= 0.3 is 0 Å². The lowest BCUT2D eigenvalue weighted by Crippen LogP contribution is -2.27. The summed E-state index contributed by atoms with van der Waals surface area (Å²) in [5.41, 5.74) is 0.928. The van der Waals surface area contributed by atoms with Crippen molar-refractivity contribution in [2.45, 2.75) is 11.4 Å². The van der Waals surface area contributed by atoms with Crippen molar-refractivity contribution in [1.29, 1.82) is 0 Å². The third-order valence-electron chi connectivity index (χ3n) is 2.99. The SMILES string of the molecule is CNc1ncc(Br)cc1S(=O)(=O)N(C)Cc1ccccc1. The van der Waals surface area contributed by atoms with E-state index in [0.29, 0.717) is 16.8 Å². The molecule has 0 atom stereocenters. The summed E-state index contributed by atoms with van der Waals surface area (Å²) in [4.78, 5) is 4.24. The highest BCUT2D eigenvalue weighted by molar-refractivity contribution is 9.10. The standard InChI is InChI=1S/C14H16BrN3O2S/c1-16-14-13(8-12(15)9-17-14)21(19,20)18(2)10-11-6-4-3-5-7-11/h3-9H,10H2,1-2H3,(H,16,17). The normalized spacial score (nSPS) is 11.6. The van der Waals surface area contributed by atoms with Crippen LogP contribution in [0.5, 0.6) is 0 Å². The number of aromatic nitrogens is 1. The van der Waals surface area contributed by atoms with Crippen LogP contribution < -0.4 is 5.32 Å². The van der Waals surface area contributed by atoms with Gasteiger partial charge in [0.05, 0.1) is 0 Å². The van der Waals surface area contributed by atoms with Gasteiger partial charge in [-0.1, -0.05) is 30.3 Å². The van der Waals surface area contributed by atoms with Crippen LogP contribution in [0.25, 0.3) is 0 Å². The number of hydrogen-bond acceptors (Lipinski definition) is 4. The monoisotopic (exact) mass is 369 g/mol. The maximum atomic E-state index is 12.7. The number of halogens is 1. The van der Waals surface area contributed by atoms with Gasteiger partial charge in [-0.15, -0.1) is 0 Å². The minimum absolute atomic E-state index is 0.151. The summed E-state index contributed by atoms with van der Waals surface area (Å²) in [6.07, 6.45) is 1.56. The second kappa shape index (κ2) is 6.55. The van der Waals surface area contributed by atoms with Crippen LogP contribution in [0.1, 0.15) is 5.56 Å². The molecule has 0 amide bonds. The van der Waals surface area contributed by atoms with Crippen LogP contribution in [0.3, 0.4) is 0 Å². The van der Waals surface area contributed by atoms with E-state index in [4.69, 9.17) is 0 Å². The van der Waals surface area contributed by atoms with Crippen LogP contribution in [0.4, 0.5) is 5.82 Å². The Morgan fingerprint density at radius 2 is 1.95 bits per heavy atom. The molecule has 2 aromatic rings. The topological polar surface area (TPSA) is 62.3 Å². The van der Waals surface area contributed by atoms with E-state index in [-0.39, 0.29) is 4.90 Å². The lowest BCUT2D eigenvalue weighted by Gasteiger charge is -2.19. The first-order valence-corrected chi connectivity index (χ1v) is 8.52. The van der Waals surface area contributed by atoms with E-state index in [0.717, 1.165) is 5.56 Å². The molecular weight excluding hydrogens is 354 g/mol. The number of pyridine rings is 1. The fourth-order valence-electron chi connectivity index (χ4n) is 1.90. The van der Waals surface area contributed by atoms with Crippen LogP contribution in [-0.4, -0.2) is 31.8 Å².